The van der Waals surface area contributed by atoms with E-state index in [1.165, 1.54) is 43.5 Å². The van der Waals surface area contributed by atoms with Crippen molar-refractivity contribution in [3.05, 3.63) is 34.9 Å². The van der Waals surface area contributed by atoms with Crippen molar-refractivity contribution in [3.8, 4) is 0 Å². The Labute approximate surface area is 125 Å². The van der Waals surface area contributed by atoms with E-state index in [-0.39, 0.29) is 0 Å². The van der Waals surface area contributed by atoms with Crippen LogP contribution in [0.5, 0.6) is 0 Å². The number of benzene rings is 1. The summed E-state index contributed by atoms with van der Waals surface area (Å²) in [6.45, 7) is 14.0. The summed E-state index contributed by atoms with van der Waals surface area (Å²) in [4.78, 5) is 2.61. The van der Waals surface area contributed by atoms with Gasteiger partial charge in [-0.2, -0.15) is 0 Å². The molecule has 20 heavy (non-hydrogen) atoms. The molecule has 1 saturated heterocycles. The zero-order chi connectivity index (χ0) is 14.7. The highest BCUT2D eigenvalue weighted by Crippen LogP contribution is 2.31. The highest BCUT2D eigenvalue weighted by Gasteiger charge is 2.22. The maximum absolute atomic E-state index is 2.61. The highest BCUT2D eigenvalue weighted by atomic mass is 15.1. The molecule has 1 aliphatic rings. The second kappa shape index (κ2) is 6.76. The van der Waals surface area contributed by atoms with Crippen LogP contribution in [-0.4, -0.2) is 24.0 Å². The van der Waals surface area contributed by atoms with Gasteiger partial charge in [0.05, 0.1) is 0 Å². The summed E-state index contributed by atoms with van der Waals surface area (Å²) in [5, 5.41) is 0. The van der Waals surface area contributed by atoms with Crippen LogP contribution in [0, 0.1) is 6.92 Å². The van der Waals surface area contributed by atoms with Crippen molar-refractivity contribution >= 4 is 0 Å². The SMILES string of the molecule is CCC(C)c1ccc(C2CCN(C(C)C)CC2)cc1C. The molecule has 0 spiro atoms. The number of piperidine rings is 1. The number of hydrogen-bond acceptors (Lipinski definition) is 1. The molecule has 1 heteroatoms. The lowest BCUT2D eigenvalue weighted by Gasteiger charge is -2.35. The molecule has 1 heterocycles. The van der Waals surface area contributed by atoms with Crippen LogP contribution >= 0.6 is 0 Å². The number of likely N-dealkylation sites (tertiary alicyclic amines) is 1. The Kier molecular flexibility index (Phi) is 5.26. The van der Waals surface area contributed by atoms with Crippen molar-refractivity contribution in [1.29, 1.82) is 0 Å². The fourth-order valence-corrected chi connectivity index (χ4v) is 3.47. The predicted octanol–water partition coefficient (Wildman–Crippen LogP) is 5.10. The standard InChI is InChI=1S/C19H31N/c1-6-15(4)19-8-7-18(13-16(19)5)17-9-11-20(12-10-17)14(2)3/h7-8,13-15,17H,6,9-12H2,1-5H3. The molecule has 1 fully saturated rings. The lowest BCUT2D eigenvalue weighted by atomic mass is 9.85. The quantitative estimate of drug-likeness (QED) is 0.738. The van der Waals surface area contributed by atoms with Gasteiger partial charge in [0, 0.05) is 6.04 Å². The normalized spacial score (nSPS) is 19.5. The summed E-state index contributed by atoms with van der Waals surface area (Å²) in [5.74, 6) is 1.46. The van der Waals surface area contributed by atoms with Crippen LogP contribution in [0.25, 0.3) is 0 Å². The molecule has 112 valence electrons. The average molecular weight is 273 g/mol. The lowest BCUT2D eigenvalue weighted by molar-refractivity contribution is 0.172. The first-order chi connectivity index (χ1) is 9.52. The van der Waals surface area contributed by atoms with Gasteiger partial charge in [0.15, 0.2) is 0 Å². The monoisotopic (exact) mass is 273 g/mol. The van der Waals surface area contributed by atoms with E-state index < -0.39 is 0 Å². The first-order valence-corrected chi connectivity index (χ1v) is 8.37. The predicted molar refractivity (Wildman–Crippen MR) is 88.6 cm³/mol. The highest BCUT2D eigenvalue weighted by molar-refractivity contribution is 5.35. The molecule has 0 radical (unpaired) electrons. The molecule has 0 saturated carbocycles. The molecule has 1 aromatic carbocycles. The summed E-state index contributed by atoms with van der Waals surface area (Å²) in [7, 11) is 0. The third-order valence-corrected chi connectivity index (χ3v) is 5.17. The average Bonchev–Trinajstić information content (AvgIpc) is 2.46. The third-order valence-electron chi connectivity index (χ3n) is 5.17. The Morgan fingerprint density at radius 2 is 1.80 bits per heavy atom. The summed E-state index contributed by atoms with van der Waals surface area (Å²) in [6.07, 6.45) is 3.87. The summed E-state index contributed by atoms with van der Waals surface area (Å²) >= 11 is 0. The number of aryl methyl sites for hydroxylation is 1. The second-order valence-electron chi connectivity index (χ2n) is 6.83. The van der Waals surface area contributed by atoms with E-state index in [1.54, 1.807) is 5.56 Å². The van der Waals surface area contributed by atoms with Crippen LogP contribution in [0.1, 0.15) is 75.5 Å². The van der Waals surface area contributed by atoms with E-state index in [0.29, 0.717) is 12.0 Å². The van der Waals surface area contributed by atoms with E-state index in [9.17, 15) is 0 Å². The Morgan fingerprint density at radius 1 is 1.15 bits per heavy atom. The molecule has 0 aromatic heterocycles. The topological polar surface area (TPSA) is 3.24 Å². The number of rotatable bonds is 4. The van der Waals surface area contributed by atoms with Gasteiger partial charge in [-0.25, -0.2) is 0 Å². The zero-order valence-electron chi connectivity index (χ0n) is 13.9. The summed E-state index contributed by atoms with van der Waals surface area (Å²) in [6, 6.07) is 7.93. The van der Waals surface area contributed by atoms with Crippen molar-refractivity contribution in [3.63, 3.8) is 0 Å². The van der Waals surface area contributed by atoms with Gasteiger partial charge in [0.1, 0.15) is 0 Å². The minimum Gasteiger partial charge on any atom is -0.301 e. The van der Waals surface area contributed by atoms with Gasteiger partial charge >= 0.3 is 0 Å². The minimum atomic E-state index is 0.687. The Bertz CT molecular complexity index is 427. The molecule has 1 aliphatic heterocycles. The van der Waals surface area contributed by atoms with Gasteiger partial charge in [0.25, 0.3) is 0 Å². The Balaban J connectivity index is 2.06. The van der Waals surface area contributed by atoms with Crippen LogP contribution in [0.15, 0.2) is 18.2 Å². The molecule has 1 unspecified atom stereocenters. The maximum Gasteiger partial charge on any atom is 0.00385 e. The van der Waals surface area contributed by atoms with Gasteiger partial charge in [-0.05, 0) is 81.6 Å². The van der Waals surface area contributed by atoms with E-state index in [0.717, 1.165) is 5.92 Å². The summed E-state index contributed by atoms with van der Waals surface area (Å²) in [5.41, 5.74) is 4.59. The zero-order valence-corrected chi connectivity index (χ0v) is 13.9. The van der Waals surface area contributed by atoms with Crippen LogP contribution in [0.2, 0.25) is 0 Å². The largest absolute Gasteiger partial charge is 0.301 e. The van der Waals surface area contributed by atoms with E-state index >= 15 is 0 Å². The van der Waals surface area contributed by atoms with Crippen LogP contribution in [0.3, 0.4) is 0 Å². The molecule has 1 atom stereocenters. The van der Waals surface area contributed by atoms with Crippen LogP contribution < -0.4 is 0 Å². The van der Waals surface area contributed by atoms with Gasteiger partial charge in [-0.1, -0.05) is 32.0 Å². The molecule has 0 amide bonds. The first kappa shape index (κ1) is 15.6. The fourth-order valence-electron chi connectivity index (χ4n) is 3.47. The molecular formula is C19H31N. The molecule has 0 bridgehead atoms. The van der Waals surface area contributed by atoms with Crippen molar-refractivity contribution in [2.45, 2.75) is 71.8 Å². The van der Waals surface area contributed by atoms with Gasteiger partial charge in [0.2, 0.25) is 0 Å². The van der Waals surface area contributed by atoms with E-state index in [2.05, 4.69) is 57.7 Å². The molecule has 0 N–H and O–H groups in total. The lowest BCUT2D eigenvalue weighted by Crippen LogP contribution is -2.37. The fraction of sp³-hybridized carbons (Fsp3) is 0.684. The second-order valence-corrected chi connectivity index (χ2v) is 6.83. The van der Waals surface area contributed by atoms with E-state index in [4.69, 9.17) is 0 Å². The number of hydrogen-bond donors (Lipinski definition) is 0. The van der Waals surface area contributed by atoms with Gasteiger partial charge < -0.3 is 4.90 Å². The van der Waals surface area contributed by atoms with Crippen molar-refractivity contribution in [2.75, 3.05) is 13.1 Å². The third kappa shape index (κ3) is 3.44. The van der Waals surface area contributed by atoms with Crippen LogP contribution in [-0.2, 0) is 0 Å². The van der Waals surface area contributed by atoms with Crippen LogP contribution in [0.4, 0.5) is 0 Å². The number of nitrogens with zero attached hydrogens (tertiary/aromatic N) is 1. The molecule has 0 aliphatic carbocycles. The van der Waals surface area contributed by atoms with Gasteiger partial charge in [-0.15, -0.1) is 0 Å². The molecular weight excluding hydrogens is 242 g/mol. The summed E-state index contributed by atoms with van der Waals surface area (Å²) < 4.78 is 0. The molecule has 1 aromatic rings. The smallest absolute Gasteiger partial charge is 0.00385 e. The molecule has 2 rings (SSSR count). The van der Waals surface area contributed by atoms with E-state index in [1.807, 2.05) is 0 Å². The molecule has 1 nitrogen and oxygen atoms in total. The first-order valence-electron chi connectivity index (χ1n) is 8.37. The van der Waals surface area contributed by atoms with Gasteiger partial charge in [-0.3, -0.25) is 0 Å². The minimum absolute atomic E-state index is 0.687. The Hall–Kier alpha value is -0.820. The maximum atomic E-state index is 2.61. The Morgan fingerprint density at radius 3 is 2.30 bits per heavy atom. The van der Waals surface area contributed by atoms with Crippen molar-refractivity contribution in [1.82, 2.24) is 4.90 Å². The van der Waals surface area contributed by atoms with Crippen molar-refractivity contribution in [2.24, 2.45) is 0 Å². The van der Waals surface area contributed by atoms with Crippen molar-refractivity contribution < 1.29 is 0 Å².